The van der Waals surface area contributed by atoms with Crippen molar-refractivity contribution < 1.29 is 36.6 Å². The topological polar surface area (TPSA) is 126 Å². The molecule has 9 nitrogen and oxygen atoms in total. The van der Waals surface area contributed by atoms with Crippen molar-refractivity contribution in [3.8, 4) is 0 Å². The first-order valence-electron chi connectivity index (χ1n) is 11.2. The van der Waals surface area contributed by atoms with Gasteiger partial charge >= 0.3 is 12.6 Å². The number of amides is 2. The molecule has 0 saturated carbocycles. The Labute approximate surface area is 204 Å². The Morgan fingerprint density at radius 3 is 2.50 bits per heavy atom. The van der Waals surface area contributed by atoms with Crippen molar-refractivity contribution in [1.29, 1.82) is 0 Å². The number of hydrogen-bond acceptors (Lipinski definition) is 6. The van der Waals surface area contributed by atoms with Crippen LogP contribution in [0.5, 0.6) is 0 Å². The van der Waals surface area contributed by atoms with E-state index in [1.54, 1.807) is 25.7 Å². The molecule has 3 heterocycles. The van der Waals surface area contributed by atoms with Gasteiger partial charge in [0, 0.05) is 31.1 Å². The van der Waals surface area contributed by atoms with Gasteiger partial charge in [0.05, 0.1) is 18.0 Å². The molecule has 3 atom stereocenters. The van der Waals surface area contributed by atoms with E-state index in [1.165, 1.54) is 0 Å². The first kappa shape index (κ1) is 25.9. The number of fused-ring (bicyclic) bond motifs is 1. The predicted molar refractivity (Wildman–Crippen MR) is 118 cm³/mol. The molecule has 0 spiro atoms. The number of primary amides is 2. The molecule has 0 aliphatic carbocycles. The van der Waals surface area contributed by atoms with Crippen molar-refractivity contribution in [2.45, 2.75) is 64.6 Å². The van der Waals surface area contributed by atoms with E-state index in [2.05, 4.69) is 4.98 Å². The van der Waals surface area contributed by atoms with Crippen molar-refractivity contribution in [3.05, 3.63) is 52.6 Å². The fourth-order valence-corrected chi connectivity index (χ4v) is 5.35. The maximum Gasteiger partial charge on any atom is 0.404 e. The number of nitrogens with two attached hydrogens (primary N) is 2. The first-order chi connectivity index (χ1) is 16.8. The summed E-state index contributed by atoms with van der Waals surface area (Å²) in [5.74, 6) is -3.04. The van der Waals surface area contributed by atoms with Gasteiger partial charge in [0.25, 0.3) is 5.91 Å². The predicted octanol–water partition coefficient (Wildman–Crippen LogP) is 3.17. The molecule has 2 aromatic rings. The highest BCUT2D eigenvalue weighted by molar-refractivity contribution is 5.89. The van der Waals surface area contributed by atoms with Crippen LogP contribution in [0.15, 0.2) is 18.2 Å². The molecule has 0 bridgehead atoms. The maximum absolute atomic E-state index is 15.1. The fourth-order valence-electron chi connectivity index (χ4n) is 5.35. The van der Waals surface area contributed by atoms with Crippen LogP contribution in [-0.2, 0) is 28.2 Å². The standard InChI is InChI=1S/C23H27F4N5O4/c1-22(2,3)23(13-6-11(24)4-5-14(13)25)17(36-21(29)34)7-12(10-35-23)31-8-15-16(9-31)32(20(26)27)19(30-15)18(28)33/h4-6,12,17,20H,7-10H2,1-3H3,(H2,28,33)(H2,29,34)/t12-,17+,23-/m1/s1. The van der Waals surface area contributed by atoms with Gasteiger partial charge in [0.2, 0.25) is 5.82 Å². The molecule has 36 heavy (non-hydrogen) atoms. The fraction of sp³-hybridized carbons (Fsp3) is 0.522. The van der Waals surface area contributed by atoms with Gasteiger partial charge in [-0.15, -0.1) is 0 Å². The lowest BCUT2D eigenvalue weighted by Crippen LogP contribution is -2.61. The second kappa shape index (κ2) is 9.04. The third kappa shape index (κ3) is 4.19. The van der Waals surface area contributed by atoms with Crippen molar-refractivity contribution in [2.24, 2.45) is 16.9 Å². The quantitative estimate of drug-likeness (QED) is 0.592. The van der Waals surface area contributed by atoms with E-state index in [1.807, 2.05) is 0 Å². The van der Waals surface area contributed by atoms with Gasteiger partial charge in [-0.25, -0.2) is 18.6 Å². The Hall–Kier alpha value is -3.19. The zero-order chi connectivity index (χ0) is 26.6. The van der Waals surface area contributed by atoms with Crippen molar-refractivity contribution in [1.82, 2.24) is 14.5 Å². The van der Waals surface area contributed by atoms with Gasteiger partial charge in [-0.2, -0.15) is 8.78 Å². The number of imidazole rings is 1. The van der Waals surface area contributed by atoms with Gasteiger partial charge in [-0.05, 0) is 23.6 Å². The van der Waals surface area contributed by atoms with E-state index >= 15 is 4.39 Å². The van der Waals surface area contributed by atoms with E-state index in [9.17, 15) is 22.8 Å². The normalized spacial score (nSPS) is 24.7. The largest absolute Gasteiger partial charge is 0.443 e. The summed E-state index contributed by atoms with van der Waals surface area (Å²) in [6, 6.07) is 2.46. The average Bonchev–Trinajstić information content (AvgIpc) is 3.32. The van der Waals surface area contributed by atoms with Crippen LogP contribution >= 0.6 is 0 Å². The summed E-state index contributed by atoms with van der Waals surface area (Å²) in [7, 11) is 0. The molecule has 1 aromatic heterocycles. The molecular formula is C23H27F4N5O4. The molecule has 1 aromatic carbocycles. The van der Waals surface area contributed by atoms with Crippen LogP contribution in [0.25, 0.3) is 0 Å². The highest BCUT2D eigenvalue weighted by Crippen LogP contribution is 2.51. The molecule has 2 aliphatic rings. The average molecular weight is 513 g/mol. The SMILES string of the molecule is CC(C)(C)[C@]1(c2cc(F)ccc2F)OC[C@H](N2Cc3nc(C(N)=O)n(C(F)F)c3C2)C[C@@H]1OC(N)=O. The maximum atomic E-state index is 15.1. The van der Waals surface area contributed by atoms with E-state index in [0.29, 0.717) is 4.57 Å². The second-order valence-electron chi connectivity index (χ2n) is 9.98. The molecule has 2 amide bonds. The van der Waals surface area contributed by atoms with E-state index in [4.69, 9.17) is 20.9 Å². The van der Waals surface area contributed by atoms with Crippen LogP contribution in [0.4, 0.5) is 22.4 Å². The lowest BCUT2D eigenvalue weighted by Gasteiger charge is -2.53. The van der Waals surface area contributed by atoms with Crippen LogP contribution in [-0.4, -0.2) is 45.2 Å². The van der Waals surface area contributed by atoms with Gasteiger partial charge in [0.1, 0.15) is 23.3 Å². The Kier molecular flexibility index (Phi) is 6.50. The monoisotopic (exact) mass is 513 g/mol. The summed E-state index contributed by atoms with van der Waals surface area (Å²) >= 11 is 0. The molecule has 2 aliphatic heterocycles. The lowest BCUT2D eigenvalue weighted by molar-refractivity contribution is -0.231. The van der Waals surface area contributed by atoms with Gasteiger partial charge in [-0.3, -0.25) is 14.3 Å². The highest BCUT2D eigenvalue weighted by Gasteiger charge is 2.58. The number of alkyl halides is 2. The summed E-state index contributed by atoms with van der Waals surface area (Å²) in [5.41, 5.74) is 8.31. The Morgan fingerprint density at radius 1 is 1.22 bits per heavy atom. The molecule has 1 fully saturated rings. The third-order valence-electron chi connectivity index (χ3n) is 6.87. The third-order valence-corrected chi connectivity index (χ3v) is 6.87. The number of rotatable bonds is 5. The van der Waals surface area contributed by atoms with E-state index in [0.717, 1.165) is 18.2 Å². The Morgan fingerprint density at radius 2 is 1.92 bits per heavy atom. The van der Waals surface area contributed by atoms with Crippen LogP contribution in [0.1, 0.15) is 61.3 Å². The van der Waals surface area contributed by atoms with Crippen LogP contribution in [0.2, 0.25) is 0 Å². The van der Waals surface area contributed by atoms with E-state index in [-0.39, 0.29) is 43.1 Å². The summed E-state index contributed by atoms with van der Waals surface area (Å²) in [5, 5.41) is 0. The number of benzene rings is 1. The summed E-state index contributed by atoms with van der Waals surface area (Å²) in [6.07, 6.45) is -2.19. The first-order valence-corrected chi connectivity index (χ1v) is 11.2. The Balaban J connectivity index is 1.69. The molecule has 4 N–H and O–H groups in total. The lowest BCUT2D eigenvalue weighted by atomic mass is 9.66. The number of hydrogen-bond donors (Lipinski definition) is 2. The minimum atomic E-state index is -3.03. The highest BCUT2D eigenvalue weighted by atomic mass is 19.3. The molecule has 0 radical (unpaired) electrons. The molecule has 13 heteroatoms. The number of ether oxygens (including phenoxy) is 2. The molecule has 1 saturated heterocycles. The molecule has 4 rings (SSSR count). The van der Waals surface area contributed by atoms with Crippen molar-refractivity contribution in [3.63, 3.8) is 0 Å². The number of halogens is 4. The number of nitrogens with zero attached hydrogens (tertiary/aromatic N) is 3. The van der Waals surface area contributed by atoms with Crippen LogP contribution in [0.3, 0.4) is 0 Å². The molecule has 196 valence electrons. The van der Waals surface area contributed by atoms with Crippen LogP contribution in [0, 0.1) is 17.0 Å². The van der Waals surface area contributed by atoms with Gasteiger partial charge in [-0.1, -0.05) is 20.8 Å². The Bertz CT molecular complexity index is 1200. The minimum absolute atomic E-state index is 0.00584. The second-order valence-corrected chi connectivity index (χ2v) is 9.98. The summed E-state index contributed by atoms with van der Waals surface area (Å²) < 4.78 is 68.8. The summed E-state index contributed by atoms with van der Waals surface area (Å²) in [6.45, 7) is 2.26. The van der Waals surface area contributed by atoms with Gasteiger partial charge in [0.15, 0.2) is 0 Å². The molecular weight excluding hydrogens is 486 g/mol. The van der Waals surface area contributed by atoms with Crippen LogP contribution < -0.4 is 11.5 Å². The van der Waals surface area contributed by atoms with Gasteiger partial charge < -0.3 is 20.9 Å². The smallest absolute Gasteiger partial charge is 0.404 e. The van der Waals surface area contributed by atoms with Crippen molar-refractivity contribution in [2.75, 3.05) is 6.61 Å². The number of carbonyl (C=O) groups excluding carboxylic acids is 2. The minimum Gasteiger partial charge on any atom is -0.443 e. The summed E-state index contributed by atoms with van der Waals surface area (Å²) in [4.78, 5) is 29.2. The number of aromatic nitrogens is 2. The molecule has 0 unspecified atom stereocenters. The number of carbonyl (C=O) groups is 2. The zero-order valence-corrected chi connectivity index (χ0v) is 19.9. The van der Waals surface area contributed by atoms with E-state index < -0.39 is 59.2 Å². The van der Waals surface area contributed by atoms with Crippen molar-refractivity contribution >= 4 is 12.0 Å². The zero-order valence-electron chi connectivity index (χ0n) is 19.9.